The van der Waals surface area contributed by atoms with Gasteiger partial charge in [-0.3, -0.25) is 9.59 Å². The third-order valence-corrected chi connectivity index (χ3v) is 5.26. The molecule has 6 heteroatoms. The molecule has 1 aromatic heterocycles. The van der Waals surface area contributed by atoms with Gasteiger partial charge >= 0.3 is 0 Å². The van der Waals surface area contributed by atoms with Crippen molar-refractivity contribution < 1.29 is 9.59 Å². The topological polar surface area (TPSA) is 58.4 Å². The van der Waals surface area contributed by atoms with Gasteiger partial charge in [0, 0.05) is 44.9 Å². The van der Waals surface area contributed by atoms with E-state index in [9.17, 15) is 9.59 Å². The van der Waals surface area contributed by atoms with Crippen molar-refractivity contribution in [3.63, 3.8) is 0 Å². The number of aromatic nitrogens is 2. The molecule has 3 rings (SSSR count). The molecule has 2 aliphatic heterocycles. The predicted molar refractivity (Wildman–Crippen MR) is 91.6 cm³/mol. The van der Waals surface area contributed by atoms with E-state index in [2.05, 4.69) is 23.4 Å². The van der Waals surface area contributed by atoms with Crippen LogP contribution in [0.15, 0.2) is 12.4 Å². The Hall–Kier alpha value is -1.85. The number of likely N-dealkylation sites (tertiary alicyclic amines) is 2. The van der Waals surface area contributed by atoms with Crippen LogP contribution in [-0.4, -0.2) is 56.8 Å². The minimum absolute atomic E-state index is 0.0103. The van der Waals surface area contributed by atoms with Crippen molar-refractivity contribution in [1.82, 2.24) is 19.4 Å². The lowest BCUT2D eigenvalue weighted by Gasteiger charge is -2.37. The quantitative estimate of drug-likeness (QED) is 0.852. The average Bonchev–Trinajstić information content (AvgIpc) is 3.23. The van der Waals surface area contributed by atoms with Crippen LogP contribution >= 0.6 is 0 Å². The summed E-state index contributed by atoms with van der Waals surface area (Å²) in [5.74, 6) is 1.59. The lowest BCUT2D eigenvalue weighted by Crippen LogP contribution is -2.50. The Labute approximate surface area is 143 Å². The second-order valence-electron chi connectivity index (χ2n) is 7.30. The molecule has 2 saturated heterocycles. The van der Waals surface area contributed by atoms with E-state index in [1.165, 1.54) is 0 Å². The van der Waals surface area contributed by atoms with Gasteiger partial charge in [-0.15, -0.1) is 0 Å². The third-order valence-electron chi connectivity index (χ3n) is 5.26. The van der Waals surface area contributed by atoms with Crippen LogP contribution in [0, 0.1) is 0 Å². The molecule has 6 nitrogen and oxygen atoms in total. The SMILES string of the molecule is CC(=O)N1CCCC1C(=O)N1CCCC(n2ccnc2C(C)C)C1. The molecule has 0 N–H and O–H groups in total. The van der Waals surface area contributed by atoms with Crippen molar-refractivity contribution in [3.8, 4) is 0 Å². The van der Waals surface area contributed by atoms with Gasteiger partial charge in [0.15, 0.2) is 0 Å². The lowest BCUT2D eigenvalue weighted by atomic mass is 10.0. The zero-order valence-electron chi connectivity index (χ0n) is 14.9. The summed E-state index contributed by atoms with van der Waals surface area (Å²) in [6, 6.07) is 0.0309. The number of hydrogen-bond acceptors (Lipinski definition) is 3. The Morgan fingerprint density at radius 3 is 2.67 bits per heavy atom. The molecule has 0 bridgehead atoms. The summed E-state index contributed by atoms with van der Waals surface area (Å²) in [4.78, 5) is 32.9. The van der Waals surface area contributed by atoms with Crippen molar-refractivity contribution in [1.29, 1.82) is 0 Å². The fourth-order valence-corrected chi connectivity index (χ4v) is 4.07. The molecule has 3 heterocycles. The van der Waals surface area contributed by atoms with Crippen molar-refractivity contribution in [2.24, 2.45) is 0 Å². The molecule has 1 aromatic rings. The van der Waals surface area contributed by atoms with Crippen molar-refractivity contribution >= 4 is 11.8 Å². The molecule has 2 unspecified atom stereocenters. The number of rotatable bonds is 3. The van der Waals surface area contributed by atoms with E-state index >= 15 is 0 Å². The fraction of sp³-hybridized carbons (Fsp3) is 0.722. The molecule has 2 fully saturated rings. The predicted octanol–water partition coefficient (Wildman–Crippen LogP) is 2.18. The van der Waals surface area contributed by atoms with E-state index in [0.29, 0.717) is 12.5 Å². The van der Waals surface area contributed by atoms with Crippen LogP contribution in [0.2, 0.25) is 0 Å². The van der Waals surface area contributed by atoms with Crippen LogP contribution in [0.25, 0.3) is 0 Å². The van der Waals surface area contributed by atoms with E-state index in [4.69, 9.17) is 0 Å². The van der Waals surface area contributed by atoms with Crippen molar-refractivity contribution in [2.75, 3.05) is 19.6 Å². The van der Waals surface area contributed by atoms with Gasteiger partial charge in [-0.05, 0) is 25.7 Å². The van der Waals surface area contributed by atoms with Crippen molar-refractivity contribution in [3.05, 3.63) is 18.2 Å². The van der Waals surface area contributed by atoms with Gasteiger partial charge < -0.3 is 14.4 Å². The summed E-state index contributed by atoms with van der Waals surface area (Å²) in [6.45, 7) is 8.08. The fourth-order valence-electron chi connectivity index (χ4n) is 4.07. The molecular formula is C18H28N4O2. The van der Waals surface area contributed by atoms with Gasteiger partial charge in [0.2, 0.25) is 11.8 Å². The first-order valence-electron chi connectivity index (χ1n) is 9.07. The molecule has 132 valence electrons. The maximum Gasteiger partial charge on any atom is 0.245 e. The summed E-state index contributed by atoms with van der Waals surface area (Å²) < 4.78 is 2.24. The first-order chi connectivity index (χ1) is 11.5. The highest BCUT2D eigenvalue weighted by molar-refractivity contribution is 5.87. The minimum atomic E-state index is -0.256. The Morgan fingerprint density at radius 1 is 1.21 bits per heavy atom. The first-order valence-corrected chi connectivity index (χ1v) is 9.07. The van der Waals surface area contributed by atoms with Gasteiger partial charge in [0.05, 0.1) is 6.04 Å². The van der Waals surface area contributed by atoms with E-state index in [-0.39, 0.29) is 23.9 Å². The molecule has 24 heavy (non-hydrogen) atoms. The monoisotopic (exact) mass is 332 g/mol. The zero-order valence-corrected chi connectivity index (χ0v) is 14.9. The summed E-state index contributed by atoms with van der Waals surface area (Å²) in [6.07, 6.45) is 7.67. The number of carbonyl (C=O) groups is 2. The average molecular weight is 332 g/mol. The van der Waals surface area contributed by atoms with E-state index in [1.54, 1.807) is 11.8 Å². The molecule has 0 aliphatic carbocycles. The number of carbonyl (C=O) groups excluding carboxylic acids is 2. The van der Waals surface area contributed by atoms with Gasteiger partial charge in [-0.2, -0.15) is 0 Å². The zero-order chi connectivity index (χ0) is 17.3. The first kappa shape index (κ1) is 17.0. The second-order valence-corrected chi connectivity index (χ2v) is 7.30. The van der Waals surface area contributed by atoms with Crippen LogP contribution in [0.4, 0.5) is 0 Å². The Morgan fingerprint density at radius 2 is 1.96 bits per heavy atom. The molecule has 0 spiro atoms. The summed E-state index contributed by atoms with van der Waals surface area (Å²) in [5, 5.41) is 0. The molecule has 0 saturated carbocycles. The molecule has 2 atom stereocenters. The normalized spacial score (nSPS) is 24.7. The number of amides is 2. The van der Waals surface area contributed by atoms with E-state index in [1.807, 2.05) is 17.3 Å². The van der Waals surface area contributed by atoms with Crippen LogP contribution in [-0.2, 0) is 9.59 Å². The lowest BCUT2D eigenvalue weighted by molar-refractivity contribution is -0.144. The molecular weight excluding hydrogens is 304 g/mol. The standard InChI is InChI=1S/C18H28N4O2/c1-13(2)17-19-8-11-22(17)15-6-4-9-20(12-15)18(24)16-7-5-10-21(16)14(3)23/h8,11,13,15-16H,4-7,9-10,12H2,1-3H3. The third kappa shape index (κ3) is 3.19. The highest BCUT2D eigenvalue weighted by Crippen LogP contribution is 2.28. The number of piperidine rings is 1. The smallest absolute Gasteiger partial charge is 0.245 e. The van der Waals surface area contributed by atoms with Gasteiger partial charge in [0.1, 0.15) is 11.9 Å². The Balaban J connectivity index is 1.72. The second kappa shape index (κ2) is 6.95. The molecule has 2 aliphatic rings. The van der Waals surface area contributed by atoms with Gasteiger partial charge in [0.25, 0.3) is 0 Å². The molecule has 0 radical (unpaired) electrons. The van der Waals surface area contributed by atoms with Crippen molar-refractivity contribution in [2.45, 2.75) is 64.5 Å². The van der Waals surface area contributed by atoms with Crippen LogP contribution < -0.4 is 0 Å². The maximum atomic E-state index is 13.0. The molecule has 0 aromatic carbocycles. The summed E-state index contributed by atoms with van der Waals surface area (Å²) in [7, 11) is 0. The van der Waals surface area contributed by atoms with Crippen LogP contribution in [0.1, 0.15) is 64.2 Å². The number of hydrogen-bond donors (Lipinski definition) is 0. The Kier molecular flexibility index (Phi) is 4.92. The van der Waals surface area contributed by atoms with E-state index < -0.39 is 0 Å². The summed E-state index contributed by atoms with van der Waals surface area (Å²) in [5.41, 5.74) is 0. The number of imidazole rings is 1. The number of nitrogens with zero attached hydrogens (tertiary/aromatic N) is 4. The largest absolute Gasteiger partial charge is 0.339 e. The Bertz CT molecular complexity index is 610. The highest BCUT2D eigenvalue weighted by atomic mass is 16.2. The van der Waals surface area contributed by atoms with Crippen LogP contribution in [0.5, 0.6) is 0 Å². The van der Waals surface area contributed by atoms with Crippen LogP contribution in [0.3, 0.4) is 0 Å². The highest BCUT2D eigenvalue weighted by Gasteiger charge is 2.37. The molecule has 2 amide bonds. The van der Waals surface area contributed by atoms with Gasteiger partial charge in [-0.25, -0.2) is 4.98 Å². The summed E-state index contributed by atoms with van der Waals surface area (Å²) >= 11 is 0. The maximum absolute atomic E-state index is 13.0. The minimum Gasteiger partial charge on any atom is -0.339 e. The van der Waals surface area contributed by atoms with Gasteiger partial charge in [-0.1, -0.05) is 13.8 Å². The van der Waals surface area contributed by atoms with E-state index in [0.717, 1.165) is 44.6 Å².